The molecule has 0 amide bonds. The zero-order valence-corrected chi connectivity index (χ0v) is 10.3. The molecule has 0 aromatic rings. The van der Waals surface area contributed by atoms with Crippen LogP contribution in [0.25, 0.3) is 0 Å². The SMILES string of the molecule is COC(=O)CC[C@]1(C(=O)OC)CCCCC1=O. The summed E-state index contributed by atoms with van der Waals surface area (Å²) >= 11 is 0. The number of carbonyl (C=O) groups is 3. The summed E-state index contributed by atoms with van der Waals surface area (Å²) < 4.78 is 9.25. The van der Waals surface area contributed by atoms with Crippen LogP contribution in [-0.4, -0.2) is 31.9 Å². The van der Waals surface area contributed by atoms with E-state index in [1.807, 2.05) is 0 Å². The van der Waals surface area contributed by atoms with Gasteiger partial charge >= 0.3 is 11.9 Å². The molecule has 17 heavy (non-hydrogen) atoms. The van der Waals surface area contributed by atoms with Crippen molar-refractivity contribution in [3.63, 3.8) is 0 Å². The van der Waals surface area contributed by atoms with Gasteiger partial charge in [-0.3, -0.25) is 14.4 Å². The van der Waals surface area contributed by atoms with Crippen LogP contribution in [0.5, 0.6) is 0 Å². The molecule has 0 unspecified atom stereocenters. The predicted molar refractivity (Wildman–Crippen MR) is 59.2 cm³/mol. The summed E-state index contributed by atoms with van der Waals surface area (Å²) in [5.41, 5.74) is -1.12. The number of esters is 2. The van der Waals surface area contributed by atoms with Crippen molar-refractivity contribution < 1.29 is 23.9 Å². The Balaban J connectivity index is 2.81. The van der Waals surface area contributed by atoms with Gasteiger partial charge in [-0.2, -0.15) is 0 Å². The third-order valence-corrected chi connectivity index (χ3v) is 3.35. The minimum absolute atomic E-state index is 0.0668. The van der Waals surface area contributed by atoms with Gasteiger partial charge in [0.2, 0.25) is 0 Å². The first-order valence-electron chi connectivity index (χ1n) is 5.75. The zero-order valence-electron chi connectivity index (χ0n) is 10.3. The van der Waals surface area contributed by atoms with Gasteiger partial charge < -0.3 is 9.47 Å². The van der Waals surface area contributed by atoms with Gasteiger partial charge in [-0.15, -0.1) is 0 Å². The van der Waals surface area contributed by atoms with Crippen molar-refractivity contribution in [2.45, 2.75) is 38.5 Å². The Hall–Kier alpha value is -1.39. The molecule has 5 heteroatoms. The highest BCUT2D eigenvalue weighted by molar-refractivity contribution is 6.04. The normalized spacial score (nSPS) is 24.2. The largest absolute Gasteiger partial charge is 0.469 e. The summed E-state index contributed by atoms with van der Waals surface area (Å²) in [5, 5.41) is 0. The predicted octanol–water partition coefficient (Wildman–Crippen LogP) is 1.24. The maximum Gasteiger partial charge on any atom is 0.319 e. The lowest BCUT2D eigenvalue weighted by atomic mass is 9.70. The van der Waals surface area contributed by atoms with Crippen LogP contribution in [0.15, 0.2) is 0 Å². The molecule has 0 aromatic heterocycles. The first-order valence-corrected chi connectivity index (χ1v) is 5.75. The smallest absolute Gasteiger partial charge is 0.319 e. The zero-order chi connectivity index (χ0) is 12.9. The van der Waals surface area contributed by atoms with Gasteiger partial charge in [0.25, 0.3) is 0 Å². The number of hydrogen-bond donors (Lipinski definition) is 0. The lowest BCUT2D eigenvalue weighted by Gasteiger charge is -2.32. The molecule has 1 rings (SSSR count). The number of rotatable bonds is 4. The third kappa shape index (κ3) is 2.84. The van der Waals surface area contributed by atoms with Crippen LogP contribution in [0, 0.1) is 5.41 Å². The number of Topliss-reactive ketones (excluding diaryl/α,β-unsaturated/α-hetero) is 1. The van der Waals surface area contributed by atoms with Crippen LogP contribution in [0.2, 0.25) is 0 Å². The van der Waals surface area contributed by atoms with Gasteiger partial charge in [0.1, 0.15) is 11.2 Å². The fourth-order valence-electron chi connectivity index (χ4n) is 2.29. The molecular weight excluding hydrogens is 224 g/mol. The van der Waals surface area contributed by atoms with E-state index in [0.29, 0.717) is 12.8 Å². The third-order valence-electron chi connectivity index (χ3n) is 3.35. The van der Waals surface area contributed by atoms with Crippen LogP contribution in [0.3, 0.4) is 0 Å². The average Bonchev–Trinajstić information content (AvgIpc) is 2.36. The molecule has 0 bridgehead atoms. The maximum absolute atomic E-state index is 12.0. The molecule has 1 saturated carbocycles. The Labute approximate surface area is 100 Å². The van der Waals surface area contributed by atoms with E-state index in [2.05, 4.69) is 4.74 Å². The molecule has 0 radical (unpaired) electrons. The highest BCUT2D eigenvalue weighted by Gasteiger charge is 2.47. The summed E-state index contributed by atoms with van der Waals surface area (Å²) in [6, 6.07) is 0. The highest BCUT2D eigenvalue weighted by atomic mass is 16.5. The molecular formula is C12H18O5. The fourth-order valence-corrected chi connectivity index (χ4v) is 2.29. The van der Waals surface area contributed by atoms with Crippen molar-refractivity contribution in [2.24, 2.45) is 5.41 Å². The molecule has 5 nitrogen and oxygen atoms in total. The Morgan fingerprint density at radius 1 is 1.24 bits per heavy atom. The Kier molecular flexibility index (Phi) is 4.66. The monoisotopic (exact) mass is 242 g/mol. The Morgan fingerprint density at radius 3 is 2.47 bits per heavy atom. The van der Waals surface area contributed by atoms with Crippen LogP contribution in [0.4, 0.5) is 0 Å². The summed E-state index contributed by atoms with van der Waals surface area (Å²) in [7, 11) is 2.56. The average molecular weight is 242 g/mol. The molecule has 0 saturated heterocycles. The van der Waals surface area contributed by atoms with Crippen molar-refractivity contribution in [3.8, 4) is 0 Å². The maximum atomic E-state index is 12.0. The lowest BCUT2D eigenvalue weighted by Crippen LogP contribution is -2.43. The van der Waals surface area contributed by atoms with E-state index >= 15 is 0 Å². The fraction of sp³-hybridized carbons (Fsp3) is 0.750. The van der Waals surface area contributed by atoms with E-state index in [1.165, 1.54) is 14.2 Å². The molecule has 1 fully saturated rings. The summed E-state index contributed by atoms with van der Waals surface area (Å²) in [6.45, 7) is 0. The van der Waals surface area contributed by atoms with Crippen molar-refractivity contribution in [2.75, 3.05) is 14.2 Å². The van der Waals surface area contributed by atoms with Crippen LogP contribution >= 0.6 is 0 Å². The minimum atomic E-state index is -1.12. The van der Waals surface area contributed by atoms with E-state index in [0.717, 1.165) is 12.8 Å². The molecule has 0 aliphatic heterocycles. The van der Waals surface area contributed by atoms with Crippen LogP contribution < -0.4 is 0 Å². The van der Waals surface area contributed by atoms with Crippen LogP contribution in [0.1, 0.15) is 38.5 Å². The molecule has 1 aliphatic rings. The molecule has 1 atom stereocenters. The van der Waals surface area contributed by atoms with Crippen LogP contribution in [-0.2, 0) is 23.9 Å². The van der Waals surface area contributed by atoms with E-state index in [4.69, 9.17) is 4.74 Å². The highest BCUT2D eigenvalue weighted by Crippen LogP contribution is 2.38. The van der Waals surface area contributed by atoms with E-state index in [1.54, 1.807) is 0 Å². The minimum Gasteiger partial charge on any atom is -0.469 e. The number of carbonyl (C=O) groups excluding carboxylic acids is 3. The summed E-state index contributed by atoms with van der Waals surface area (Å²) in [5.74, 6) is -1.04. The van der Waals surface area contributed by atoms with Gasteiger partial charge in [0, 0.05) is 12.8 Å². The van der Waals surface area contributed by atoms with E-state index in [9.17, 15) is 14.4 Å². The molecule has 0 spiro atoms. The van der Waals surface area contributed by atoms with Gasteiger partial charge in [-0.1, -0.05) is 6.42 Å². The molecule has 0 heterocycles. The summed E-state index contributed by atoms with van der Waals surface area (Å²) in [4.78, 5) is 34.9. The standard InChI is InChI=1S/C12H18O5/c1-16-10(14)6-8-12(11(15)17-2)7-4-3-5-9(12)13/h3-8H2,1-2H3/t12-/m1/s1. The number of ketones is 1. The lowest BCUT2D eigenvalue weighted by molar-refractivity contribution is -0.161. The van der Waals surface area contributed by atoms with Crippen molar-refractivity contribution >= 4 is 17.7 Å². The second-order valence-electron chi connectivity index (χ2n) is 4.28. The van der Waals surface area contributed by atoms with Crippen molar-refractivity contribution in [1.29, 1.82) is 0 Å². The first-order chi connectivity index (χ1) is 8.06. The number of methoxy groups -OCH3 is 2. The molecule has 96 valence electrons. The Morgan fingerprint density at radius 2 is 1.94 bits per heavy atom. The number of ether oxygens (including phenoxy) is 2. The molecule has 1 aliphatic carbocycles. The topological polar surface area (TPSA) is 69.7 Å². The Bertz CT molecular complexity index is 313. The second kappa shape index (κ2) is 5.80. The van der Waals surface area contributed by atoms with Gasteiger partial charge in [-0.05, 0) is 19.3 Å². The molecule has 0 aromatic carbocycles. The van der Waals surface area contributed by atoms with E-state index < -0.39 is 17.4 Å². The van der Waals surface area contributed by atoms with Crippen molar-refractivity contribution in [1.82, 2.24) is 0 Å². The van der Waals surface area contributed by atoms with Crippen molar-refractivity contribution in [3.05, 3.63) is 0 Å². The van der Waals surface area contributed by atoms with Gasteiger partial charge in [0.15, 0.2) is 0 Å². The van der Waals surface area contributed by atoms with Gasteiger partial charge in [-0.25, -0.2) is 0 Å². The number of hydrogen-bond acceptors (Lipinski definition) is 5. The summed E-state index contributed by atoms with van der Waals surface area (Å²) in [6.07, 6.45) is 2.71. The quantitative estimate of drug-likeness (QED) is 0.548. The molecule has 0 N–H and O–H groups in total. The first kappa shape index (κ1) is 13.7. The second-order valence-corrected chi connectivity index (χ2v) is 4.28. The van der Waals surface area contributed by atoms with E-state index in [-0.39, 0.29) is 18.6 Å². The van der Waals surface area contributed by atoms with Gasteiger partial charge in [0.05, 0.1) is 14.2 Å².